The molecule has 0 spiro atoms. The van der Waals surface area contributed by atoms with E-state index in [1.54, 1.807) is 0 Å². The molecule has 61 heavy (non-hydrogen) atoms. The van der Waals surface area contributed by atoms with E-state index in [1.807, 2.05) is 0 Å². The summed E-state index contributed by atoms with van der Waals surface area (Å²) >= 11 is 0. The molecule has 0 heterocycles. The van der Waals surface area contributed by atoms with Crippen LogP contribution in [-0.2, 0) is 32.7 Å². The molecule has 14 heteroatoms. The zero-order valence-electron chi connectivity index (χ0n) is 38.2. The van der Waals surface area contributed by atoms with Crippen LogP contribution < -0.4 is 0 Å². The van der Waals surface area contributed by atoms with Crippen LogP contribution in [0.15, 0.2) is 12.2 Å². The van der Waals surface area contributed by atoms with E-state index in [4.69, 9.17) is 18.5 Å². The molecule has 0 saturated heterocycles. The van der Waals surface area contributed by atoms with Crippen molar-refractivity contribution in [2.24, 2.45) is 0 Å². The molecule has 1 aliphatic carbocycles. The van der Waals surface area contributed by atoms with Gasteiger partial charge in [0, 0.05) is 12.8 Å². The Labute approximate surface area is 369 Å². The van der Waals surface area contributed by atoms with Crippen LogP contribution >= 0.6 is 7.82 Å². The van der Waals surface area contributed by atoms with Crippen LogP contribution in [0.25, 0.3) is 0 Å². The molecular weight excluding hydrogens is 803 g/mol. The standard InChI is InChI=1S/C47H89O13P/c1-3-5-7-9-11-13-15-17-19-20-22-23-25-27-29-31-33-35-40(48)57-37-39(38-58-61(55,56)60-47-45(53)43(51)42(50)44(52)46(47)54)59-41(49)36-34-32-30-28-26-24-21-18-16-14-12-10-8-6-4-2/h26,28,39,42-47,50-54H,3-25,27,29-38H2,1-2H3,(H,55,56)/b28-26+/t39-,42?,43-,44?,45?,46?,47?/m0/s1. The number of phosphoric ester groups is 1. The minimum absolute atomic E-state index is 0.0711. The fourth-order valence-corrected chi connectivity index (χ4v) is 8.61. The monoisotopic (exact) mass is 893 g/mol. The van der Waals surface area contributed by atoms with E-state index in [1.165, 1.54) is 141 Å². The van der Waals surface area contributed by atoms with Crippen molar-refractivity contribution in [2.45, 2.75) is 262 Å². The highest BCUT2D eigenvalue weighted by atomic mass is 31.2. The number of hydrogen-bond donors (Lipinski definition) is 6. The minimum atomic E-state index is -5.12. The number of carbonyl (C=O) groups excluding carboxylic acids is 2. The van der Waals surface area contributed by atoms with E-state index in [0.717, 1.165) is 38.5 Å². The van der Waals surface area contributed by atoms with Gasteiger partial charge in [-0.05, 0) is 38.5 Å². The minimum Gasteiger partial charge on any atom is -0.462 e. The fraction of sp³-hybridized carbons (Fsp3) is 0.915. The number of esters is 2. The molecule has 0 aromatic heterocycles. The lowest BCUT2D eigenvalue weighted by Gasteiger charge is -2.41. The first-order chi connectivity index (χ1) is 29.4. The largest absolute Gasteiger partial charge is 0.472 e. The summed E-state index contributed by atoms with van der Waals surface area (Å²) in [5.74, 6) is -1.11. The van der Waals surface area contributed by atoms with Gasteiger partial charge in [-0.25, -0.2) is 4.57 Å². The average Bonchev–Trinajstić information content (AvgIpc) is 3.24. The number of carbonyl (C=O) groups is 2. The van der Waals surface area contributed by atoms with Crippen LogP contribution in [-0.4, -0.2) is 98.3 Å². The number of allylic oxidation sites excluding steroid dienone is 2. The van der Waals surface area contributed by atoms with Crippen LogP contribution in [0, 0.1) is 0 Å². The summed E-state index contributed by atoms with van der Waals surface area (Å²) in [6, 6.07) is 0. The lowest BCUT2D eigenvalue weighted by atomic mass is 9.85. The molecule has 1 fully saturated rings. The maximum absolute atomic E-state index is 12.8. The van der Waals surface area contributed by atoms with Gasteiger partial charge in [-0.1, -0.05) is 180 Å². The molecule has 0 bridgehead atoms. The Balaban J connectivity index is 2.43. The smallest absolute Gasteiger partial charge is 0.462 e. The summed E-state index contributed by atoms with van der Waals surface area (Å²) in [6.45, 7) is 3.31. The lowest BCUT2D eigenvalue weighted by Crippen LogP contribution is -2.64. The first-order valence-electron chi connectivity index (χ1n) is 24.5. The second-order valence-corrected chi connectivity index (χ2v) is 18.7. The SMILES string of the molecule is CCCCCCCCCCC/C=C/CCCCC(=O)O[C@@H](COC(=O)CCCCCCCCCCCCCCCCCCC)COP(=O)(O)OC1C(O)C(O)C(O)[C@H](O)C1O. The highest BCUT2D eigenvalue weighted by molar-refractivity contribution is 7.47. The van der Waals surface area contributed by atoms with E-state index < -0.39 is 75.7 Å². The predicted octanol–water partition coefficient (Wildman–Crippen LogP) is 9.84. The molecule has 1 saturated carbocycles. The molecule has 0 radical (unpaired) electrons. The van der Waals surface area contributed by atoms with Gasteiger partial charge >= 0.3 is 19.8 Å². The number of rotatable bonds is 41. The second-order valence-electron chi connectivity index (χ2n) is 17.3. The molecule has 360 valence electrons. The maximum Gasteiger partial charge on any atom is 0.472 e. The van der Waals surface area contributed by atoms with E-state index >= 15 is 0 Å². The Morgan fingerprint density at radius 1 is 0.492 bits per heavy atom. The Hall–Kier alpha value is -1.41. The number of hydrogen-bond acceptors (Lipinski definition) is 12. The molecule has 6 N–H and O–H groups in total. The van der Waals surface area contributed by atoms with Crippen LogP contribution in [0.2, 0.25) is 0 Å². The van der Waals surface area contributed by atoms with Gasteiger partial charge in [0.05, 0.1) is 6.61 Å². The molecule has 8 atom stereocenters. The molecule has 13 nitrogen and oxygen atoms in total. The number of aliphatic hydroxyl groups is 5. The Morgan fingerprint density at radius 3 is 1.28 bits per heavy atom. The Morgan fingerprint density at radius 2 is 0.836 bits per heavy atom. The highest BCUT2D eigenvalue weighted by Crippen LogP contribution is 2.47. The number of unbranched alkanes of at least 4 members (excludes halogenated alkanes) is 27. The van der Waals surface area contributed by atoms with Crippen molar-refractivity contribution in [1.82, 2.24) is 0 Å². The van der Waals surface area contributed by atoms with Crippen molar-refractivity contribution < 1.29 is 63.1 Å². The van der Waals surface area contributed by atoms with Crippen molar-refractivity contribution in [3.63, 3.8) is 0 Å². The fourth-order valence-electron chi connectivity index (χ4n) is 7.64. The van der Waals surface area contributed by atoms with Gasteiger partial charge in [0.15, 0.2) is 6.10 Å². The first-order valence-corrected chi connectivity index (χ1v) is 26.0. The molecule has 1 aliphatic rings. The summed E-state index contributed by atoms with van der Waals surface area (Å²) < 4.78 is 33.5. The summed E-state index contributed by atoms with van der Waals surface area (Å²) in [6.07, 6.45) is 27.0. The Bertz CT molecular complexity index is 1120. The van der Waals surface area contributed by atoms with Gasteiger partial charge in [0.25, 0.3) is 0 Å². The number of aliphatic hydroxyl groups excluding tert-OH is 5. The molecular formula is C47H89O13P. The summed E-state index contributed by atoms with van der Waals surface area (Å²) in [4.78, 5) is 35.7. The quantitative estimate of drug-likeness (QED) is 0.0146. The van der Waals surface area contributed by atoms with Crippen LogP contribution in [0.5, 0.6) is 0 Å². The van der Waals surface area contributed by atoms with Crippen molar-refractivity contribution >= 4 is 19.8 Å². The van der Waals surface area contributed by atoms with Gasteiger partial charge in [0.2, 0.25) is 0 Å². The van der Waals surface area contributed by atoms with E-state index in [2.05, 4.69) is 26.0 Å². The van der Waals surface area contributed by atoms with Crippen molar-refractivity contribution in [1.29, 1.82) is 0 Å². The topological polar surface area (TPSA) is 210 Å². The molecule has 0 aliphatic heterocycles. The van der Waals surface area contributed by atoms with E-state index in [9.17, 15) is 44.6 Å². The number of phosphoric acid groups is 1. The number of ether oxygens (including phenoxy) is 2. The van der Waals surface area contributed by atoms with Crippen molar-refractivity contribution in [2.75, 3.05) is 13.2 Å². The lowest BCUT2D eigenvalue weighted by molar-refractivity contribution is -0.220. The van der Waals surface area contributed by atoms with Crippen LogP contribution in [0.3, 0.4) is 0 Å². The third-order valence-electron chi connectivity index (χ3n) is 11.6. The zero-order chi connectivity index (χ0) is 45.0. The second kappa shape index (κ2) is 37.9. The van der Waals surface area contributed by atoms with Gasteiger partial charge in [-0.3, -0.25) is 18.6 Å². The van der Waals surface area contributed by atoms with E-state index in [0.29, 0.717) is 12.8 Å². The first kappa shape index (κ1) is 57.6. The normalized spacial score (nSPS) is 22.0. The predicted molar refractivity (Wildman–Crippen MR) is 240 cm³/mol. The summed E-state index contributed by atoms with van der Waals surface area (Å²) in [5, 5.41) is 50.2. The molecule has 0 amide bonds. The summed E-state index contributed by atoms with van der Waals surface area (Å²) in [5.41, 5.74) is 0. The van der Waals surface area contributed by atoms with Gasteiger partial charge in [-0.2, -0.15) is 0 Å². The Kier molecular flexibility index (Phi) is 35.8. The van der Waals surface area contributed by atoms with E-state index in [-0.39, 0.29) is 12.8 Å². The molecule has 0 aromatic carbocycles. The molecule has 0 aromatic rings. The molecule has 6 unspecified atom stereocenters. The van der Waals surface area contributed by atoms with Gasteiger partial charge in [-0.15, -0.1) is 0 Å². The average molecular weight is 893 g/mol. The van der Waals surface area contributed by atoms with Gasteiger partial charge < -0.3 is 39.9 Å². The third-order valence-corrected chi connectivity index (χ3v) is 12.6. The zero-order valence-corrected chi connectivity index (χ0v) is 39.1. The highest BCUT2D eigenvalue weighted by Gasteiger charge is 2.51. The van der Waals surface area contributed by atoms with Crippen molar-refractivity contribution in [3.05, 3.63) is 12.2 Å². The molecule has 1 rings (SSSR count). The van der Waals surface area contributed by atoms with Crippen LogP contribution in [0.4, 0.5) is 0 Å². The summed E-state index contributed by atoms with van der Waals surface area (Å²) in [7, 11) is -5.12. The van der Waals surface area contributed by atoms with Crippen LogP contribution in [0.1, 0.15) is 219 Å². The maximum atomic E-state index is 12.8. The third kappa shape index (κ3) is 30.4. The van der Waals surface area contributed by atoms with Crippen molar-refractivity contribution in [3.8, 4) is 0 Å². The van der Waals surface area contributed by atoms with Gasteiger partial charge in [0.1, 0.15) is 43.2 Å².